The number of ketones is 1. The Morgan fingerprint density at radius 3 is 2.76 bits per heavy atom. The van der Waals surface area contributed by atoms with Gasteiger partial charge in [0.05, 0.1) is 0 Å². The van der Waals surface area contributed by atoms with Crippen LogP contribution in [0.1, 0.15) is 24.8 Å². The fourth-order valence-corrected chi connectivity index (χ4v) is 3.49. The SMILES string of the molecule is CN1C2CCC1C(Cc1ccccc1)C(=O)C2. The highest BCUT2D eigenvalue weighted by Crippen LogP contribution is 2.37. The molecule has 0 saturated carbocycles. The van der Waals surface area contributed by atoms with Crippen LogP contribution in [-0.2, 0) is 11.2 Å². The minimum Gasteiger partial charge on any atom is -0.299 e. The highest BCUT2D eigenvalue weighted by atomic mass is 16.1. The van der Waals surface area contributed by atoms with Gasteiger partial charge in [0, 0.05) is 24.4 Å². The van der Waals surface area contributed by atoms with E-state index in [4.69, 9.17) is 0 Å². The summed E-state index contributed by atoms with van der Waals surface area (Å²) >= 11 is 0. The Morgan fingerprint density at radius 2 is 2.00 bits per heavy atom. The van der Waals surface area contributed by atoms with Crippen LogP contribution in [0.25, 0.3) is 0 Å². The van der Waals surface area contributed by atoms with Crippen molar-refractivity contribution < 1.29 is 4.79 Å². The molecule has 3 atom stereocenters. The number of carbonyl (C=O) groups excluding carboxylic acids is 1. The van der Waals surface area contributed by atoms with E-state index in [2.05, 4.69) is 36.2 Å². The third-order valence-electron chi connectivity index (χ3n) is 4.51. The molecule has 1 aromatic carbocycles. The number of carbonyl (C=O) groups is 1. The number of hydrogen-bond donors (Lipinski definition) is 0. The van der Waals surface area contributed by atoms with Crippen LogP contribution in [0.3, 0.4) is 0 Å². The van der Waals surface area contributed by atoms with Gasteiger partial charge < -0.3 is 0 Å². The Kier molecular flexibility index (Phi) is 2.75. The summed E-state index contributed by atoms with van der Waals surface area (Å²) in [5, 5.41) is 0. The maximum atomic E-state index is 12.2. The summed E-state index contributed by atoms with van der Waals surface area (Å²) < 4.78 is 0. The first-order valence-electron chi connectivity index (χ1n) is 6.54. The first-order chi connectivity index (χ1) is 8.25. The van der Waals surface area contributed by atoms with E-state index in [1.54, 1.807) is 0 Å². The molecular weight excluding hydrogens is 210 g/mol. The lowest BCUT2D eigenvalue weighted by atomic mass is 9.84. The summed E-state index contributed by atoms with van der Waals surface area (Å²) in [5.74, 6) is 0.709. The molecule has 90 valence electrons. The van der Waals surface area contributed by atoms with E-state index in [9.17, 15) is 4.79 Å². The minimum absolute atomic E-state index is 0.223. The van der Waals surface area contributed by atoms with Crippen LogP contribution < -0.4 is 0 Å². The standard InChI is InChI=1S/C15H19NO/c1-16-12-7-8-14(16)13(15(17)10-12)9-11-5-3-2-4-6-11/h2-6,12-14H,7-10H2,1H3. The van der Waals surface area contributed by atoms with Crippen LogP contribution >= 0.6 is 0 Å². The van der Waals surface area contributed by atoms with Crippen molar-refractivity contribution in [2.45, 2.75) is 37.8 Å². The van der Waals surface area contributed by atoms with Crippen molar-refractivity contribution in [1.82, 2.24) is 4.90 Å². The average molecular weight is 229 g/mol. The monoisotopic (exact) mass is 229 g/mol. The van der Waals surface area contributed by atoms with Crippen LogP contribution in [0.5, 0.6) is 0 Å². The molecule has 0 radical (unpaired) electrons. The zero-order valence-corrected chi connectivity index (χ0v) is 10.3. The fourth-order valence-electron chi connectivity index (χ4n) is 3.49. The molecule has 2 saturated heterocycles. The minimum atomic E-state index is 0.223. The Bertz CT molecular complexity index is 414. The molecule has 3 rings (SSSR count). The Morgan fingerprint density at radius 1 is 1.24 bits per heavy atom. The summed E-state index contributed by atoms with van der Waals surface area (Å²) in [4.78, 5) is 14.6. The van der Waals surface area contributed by atoms with Gasteiger partial charge in [-0.05, 0) is 31.9 Å². The molecule has 2 heterocycles. The predicted molar refractivity (Wildman–Crippen MR) is 67.8 cm³/mol. The molecule has 0 N–H and O–H groups in total. The molecule has 17 heavy (non-hydrogen) atoms. The Labute approximate surface area is 103 Å². The predicted octanol–water partition coefficient (Wildman–Crippen LogP) is 2.28. The summed E-state index contributed by atoms with van der Waals surface area (Å²) in [6, 6.07) is 11.4. The quantitative estimate of drug-likeness (QED) is 0.775. The van der Waals surface area contributed by atoms with Crippen LogP contribution in [0.2, 0.25) is 0 Å². The molecule has 0 aromatic heterocycles. The van der Waals surface area contributed by atoms with E-state index >= 15 is 0 Å². The van der Waals surface area contributed by atoms with Crippen molar-refractivity contribution in [2.24, 2.45) is 5.92 Å². The van der Waals surface area contributed by atoms with Crippen LogP contribution in [-0.4, -0.2) is 29.8 Å². The summed E-state index contributed by atoms with van der Waals surface area (Å²) in [6.07, 6.45) is 4.09. The van der Waals surface area contributed by atoms with E-state index in [0.717, 1.165) is 12.8 Å². The second-order valence-electron chi connectivity index (χ2n) is 5.43. The lowest BCUT2D eigenvalue weighted by Crippen LogP contribution is -2.47. The molecule has 2 aliphatic rings. The summed E-state index contributed by atoms with van der Waals surface area (Å²) in [6.45, 7) is 0. The van der Waals surface area contributed by atoms with Crippen molar-refractivity contribution in [2.75, 3.05) is 7.05 Å². The van der Waals surface area contributed by atoms with Gasteiger partial charge in [-0.25, -0.2) is 0 Å². The molecule has 2 nitrogen and oxygen atoms in total. The van der Waals surface area contributed by atoms with Gasteiger partial charge in [0.2, 0.25) is 0 Å². The normalized spacial score (nSPS) is 33.0. The van der Waals surface area contributed by atoms with E-state index in [1.807, 2.05) is 6.07 Å². The van der Waals surface area contributed by atoms with Crippen molar-refractivity contribution in [1.29, 1.82) is 0 Å². The number of fused-ring (bicyclic) bond motifs is 2. The highest BCUT2D eigenvalue weighted by molar-refractivity contribution is 5.84. The van der Waals surface area contributed by atoms with Crippen molar-refractivity contribution in [3.63, 3.8) is 0 Å². The maximum absolute atomic E-state index is 12.2. The van der Waals surface area contributed by atoms with Gasteiger partial charge in [-0.1, -0.05) is 30.3 Å². The third-order valence-corrected chi connectivity index (χ3v) is 4.51. The van der Waals surface area contributed by atoms with Crippen molar-refractivity contribution >= 4 is 5.78 Å². The molecule has 2 bridgehead atoms. The number of piperidine rings is 1. The van der Waals surface area contributed by atoms with Gasteiger partial charge >= 0.3 is 0 Å². The molecule has 0 spiro atoms. The number of rotatable bonds is 2. The molecule has 2 aliphatic heterocycles. The lowest BCUT2D eigenvalue weighted by molar-refractivity contribution is -0.128. The summed E-state index contributed by atoms with van der Waals surface area (Å²) in [5.41, 5.74) is 1.30. The topological polar surface area (TPSA) is 20.3 Å². The van der Waals surface area contributed by atoms with Crippen molar-refractivity contribution in [3.05, 3.63) is 35.9 Å². The zero-order valence-electron chi connectivity index (χ0n) is 10.3. The number of benzene rings is 1. The van der Waals surface area contributed by atoms with Crippen LogP contribution in [0.15, 0.2) is 30.3 Å². The van der Waals surface area contributed by atoms with Crippen LogP contribution in [0.4, 0.5) is 0 Å². The Hall–Kier alpha value is -1.15. The largest absolute Gasteiger partial charge is 0.299 e. The average Bonchev–Trinajstić information content (AvgIpc) is 2.59. The lowest BCUT2D eigenvalue weighted by Gasteiger charge is -2.36. The number of Topliss-reactive ketones (excluding diaryl/α,β-unsaturated/α-hetero) is 1. The molecular formula is C15H19NO. The molecule has 2 heteroatoms. The number of nitrogens with zero attached hydrogens (tertiary/aromatic N) is 1. The smallest absolute Gasteiger partial charge is 0.139 e. The van der Waals surface area contributed by atoms with Gasteiger partial charge in [-0.2, -0.15) is 0 Å². The van der Waals surface area contributed by atoms with Gasteiger partial charge in [0.25, 0.3) is 0 Å². The first-order valence-corrected chi connectivity index (χ1v) is 6.54. The summed E-state index contributed by atoms with van der Waals surface area (Å²) in [7, 11) is 2.19. The van der Waals surface area contributed by atoms with Gasteiger partial charge in [-0.15, -0.1) is 0 Å². The van der Waals surface area contributed by atoms with Gasteiger partial charge in [0.1, 0.15) is 5.78 Å². The second-order valence-corrected chi connectivity index (χ2v) is 5.43. The Balaban J connectivity index is 1.80. The van der Waals surface area contributed by atoms with Crippen molar-refractivity contribution in [3.8, 4) is 0 Å². The van der Waals surface area contributed by atoms with E-state index in [1.165, 1.54) is 18.4 Å². The highest BCUT2D eigenvalue weighted by Gasteiger charge is 2.44. The maximum Gasteiger partial charge on any atom is 0.139 e. The third kappa shape index (κ3) is 1.91. The molecule has 1 aromatic rings. The van der Waals surface area contributed by atoms with Gasteiger partial charge in [0.15, 0.2) is 0 Å². The molecule has 3 unspecified atom stereocenters. The van der Waals surface area contributed by atoms with E-state index in [-0.39, 0.29) is 5.92 Å². The first kappa shape index (κ1) is 11.0. The second kappa shape index (κ2) is 4.26. The zero-order chi connectivity index (χ0) is 11.8. The van der Waals surface area contributed by atoms with Gasteiger partial charge in [-0.3, -0.25) is 9.69 Å². The fraction of sp³-hybridized carbons (Fsp3) is 0.533. The molecule has 0 aliphatic carbocycles. The molecule has 2 fully saturated rings. The molecule has 0 amide bonds. The number of hydrogen-bond acceptors (Lipinski definition) is 2. The van der Waals surface area contributed by atoms with E-state index < -0.39 is 0 Å². The van der Waals surface area contributed by atoms with E-state index in [0.29, 0.717) is 17.9 Å². The van der Waals surface area contributed by atoms with Crippen LogP contribution in [0, 0.1) is 5.92 Å².